The molecule has 35 heavy (non-hydrogen) atoms. The summed E-state index contributed by atoms with van der Waals surface area (Å²) in [6, 6.07) is 16.3. The zero-order chi connectivity index (χ0) is 25.8. The van der Waals surface area contributed by atoms with Crippen LogP contribution in [0.15, 0.2) is 65.6 Å². The molecule has 0 fully saturated rings. The molecule has 0 unspecified atom stereocenters. The van der Waals surface area contributed by atoms with Crippen LogP contribution in [0.5, 0.6) is 5.75 Å². The van der Waals surface area contributed by atoms with Crippen LogP contribution in [0.1, 0.15) is 40.8 Å². The van der Waals surface area contributed by atoms with Crippen molar-refractivity contribution in [2.75, 3.05) is 7.11 Å². The molecule has 0 bridgehead atoms. The molecule has 2 N–H and O–H groups in total. The molecular weight excluding hydrogens is 484 g/mol. The average Bonchev–Trinajstić information content (AvgIpc) is 2.81. The largest absolute Gasteiger partial charge is 0.495 e. The van der Waals surface area contributed by atoms with Crippen molar-refractivity contribution in [1.29, 1.82) is 0 Å². The predicted molar refractivity (Wildman–Crippen MR) is 139 cm³/mol. The van der Waals surface area contributed by atoms with Gasteiger partial charge in [-0.2, -0.15) is 4.72 Å². The van der Waals surface area contributed by atoms with E-state index in [4.69, 9.17) is 16.3 Å². The number of amides is 1. The van der Waals surface area contributed by atoms with E-state index in [2.05, 4.69) is 22.2 Å². The molecule has 6 nitrogen and oxygen atoms in total. The fourth-order valence-corrected chi connectivity index (χ4v) is 5.49. The fraction of sp³-hybridized carbons (Fsp3) is 0.296. The number of nitrogens with one attached hydrogen (secondary N) is 2. The summed E-state index contributed by atoms with van der Waals surface area (Å²) in [5, 5.41) is 3.16. The minimum atomic E-state index is -4.04. The van der Waals surface area contributed by atoms with Crippen molar-refractivity contribution in [3.8, 4) is 5.75 Å². The molecule has 2 atom stereocenters. The summed E-state index contributed by atoms with van der Waals surface area (Å²) >= 11 is 6.14. The molecule has 0 aliphatic carbocycles. The standard InChI is InChI=1S/C27H31ClN2O4S/c1-17-13-19(3)23(14-18(17)2)20(4)29-27(31)25(15-21-9-7-6-8-10-21)30-35(32,33)22-11-12-26(34-5)24(28)16-22/h6-14,16,20,25,30H,15H2,1-5H3,(H,29,31)/t20-,25-/m0/s1. The molecule has 8 heteroatoms. The van der Waals surface area contributed by atoms with Crippen LogP contribution in [0.4, 0.5) is 0 Å². The van der Waals surface area contributed by atoms with Gasteiger partial charge in [0, 0.05) is 0 Å². The number of halogens is 1. The minimum absolute atomic E-state index is 0.0489. The van der Waals surface area contributed by atoms with E-state index in [9.17, 15) is 13.2 Å². The minimum Gasteiger partial charge on any atom is -0.495 e. The molecule has 0 saturated heterocycles. The van der Waals surface area contributed by atoms with Gasteiger partial charge in [0.2, 0.25) is 15.9 Å². The smallest absolute Gasteiger partial charge is 0.241 e. The van der Waals surface area contributed by atoms with Crippen molar-refractivity contribution in [3.63, 3.8) is 0 Å². The summed E-state index contributed by atoms with van der Waals surface area (Å²) in [4.78, 5) is 13.3. The van der Waals surface area contributed by atoms with Gasteiger partial charge in [-0.15, -0.1) is 0 Å². The first-order chi connectivity index (χ1) is 16.5. The van der Waals surface area contributed by atoms with Gasteiger partial charge in [-0.25, -0.2) is 8.42 Å². The second-order valence-corrected chi connectivity index (χ2v) is 10.8. The lowest BCUT2D eigenvalue weighted by Gasteiger charge is -2.23. The highest BCUT2D eigenvalue weighted by molar-refractivity contribution is 7.89. The third-order valence-electron chi connectivity index (χ3n) is 6.04. The molecule has 1 amide bonds. The van der Waals surface area contributed by atoms with E-state index < -0.39 is 22.0 Å². The van der Waals surface area contributed by atoms with Crippen molar-refractivity contribution in [3.05, 3.63) is 93.5 Å². The number of hydrogen-bond acceptors (Lipinski definition) is 4. The second-order valence-electron chi connectivity index (χ2n) is 8.68. The molecule has 0 spiro atoms. The Morgan fingerprint density at radius 1 is 0.971 bits per heavy atom. The van der Waals surface area contributed by atoms with Crippen LogP contribution >= 0.6 is 11.6 Å². The Balaban J connectivity index is 1.88. The monoisotopic (exact) mass is 514 g/mol. The van der Waals surface area contributed by atoms with E-state index in [-0.39, 0.29) is 22.4 Å². The molecule has 0 aliphatic rings. The fourth-order valence-electron chi connectivity index (χ4n) is 3.95. The van der Waals surface area contributed by atoms with Crippen LogP contribution in [0.2, 0.25) is 5.02 Å². The maximum absolute atomic E-state index is 13.4. The number of benzene rings is 3. The molecular formula is C27H31ClN2O4S. The van der Waals surface area contributed by atoms with Gasteiger partial charge in [0.25, 0.3) is 0 Å². The van der Waals surface area contributed by atoms with Gasteiger partial charge in [0.05, 0.1) is 23.1 Å². The van der Waals surface area contributed by atoms with Gasteiger partial charge >= 0.3 is 0 Å². The Hall–Kier alpha value is -2.87. The van der Waals surface area contributed by atoms with Crippen molar-refractivity contribution >= 4 is 27.5 Å². The highest BCUT2D eigenvalue weighted by atomic mass is 35.5. The summed E-state index contributed by atoms with van der Waals surface area (Å²) in [7, 11) is -2.59. The van der Waals surface area contributed by atoms with Gasteiger partial charge < -0.3 is 10.1 Å². The summed E-state index contributed by atoms with van der Waals surface area (Å²) in [5.74, 6) is -0.0519. The van der Waals surface area contributed by atoms with Crippen LogP contribution in [0, 0.1) is 20.8 Å². The van der Waals surface area contributed by atoms with Gasteiger partial charge in [0.1, 0.15) is 11.8 Å². The SMILES string of the molecule is COc1ccc(S(=O)(=O)N[C@@H](Cc2ccccc2)C(=O)N[C@@H](C)c2cc(C)c(C)cc2C)cc1Cl. The number of rotatable bonds is 9. The third kappa shape index (κ3) is 6.63. The van der Waals surface area contributed by atoms with E-state index in [1.54, 1.807) is 0 Å². The van der Waals surface area contributed by atoms with Crippen molar-refractivity contribution in [2.45, 2.75) is 51.1 Å². The Kier molecular flexibility index (Phi) is 8.59. The lowest BCUT2D eigenvalue weighted by molar-refractivity contribution is -0.123. The Morgan fingerprint density at radius 2 is 1.63 bits per heavy atom. The molecule has 0 aliphatic heterocycles. The number of methoxy groups -OCH3 is 1. The zero-order valence-corrected chi connectivity index (χ0v) is 22.1. The number of ether oxygens (including phenoxy) is 1. The number of hydrogen-bond donors (Lipinski definition) is 2. The van der Waals surface area contributed by atoms with Crippen LogP contribution in [0.3, 0.4) is 0 Å². The summed E-state index contributed by atoms with van der Waals surface area (Å²) in [6.07, 6.45) is 0.189. The van der Waals surface area contributed by atoms with Crippen molar-refractivity contribution < 1.29 is 17.9 Å². The first kappa shape index (κ1) is 26.7. The van der Waals surface area contributed by atoms with E-state index in [0.29, 0.717) is 5.75 Å². The van der Waals surface area contributed by atoms with Crippen LogP contribution in [-0.2, 0) is 21.2 Å². The van der Waals surface area contributed by atoms with Gasteiger partial charge in [0.15, 0.2) is 0 Å². The molecule has 3 aromatic rings. The summed E-state index contributed by atoms with van der Waals surface area (Å²) in [5.41, 5.74) is 5.19. The first-order valence-electron chi connectivity index (χ1n) is 11.3. The third-order valence-corrected chi connectivity index (χ3v) is 7.80. The maximum atomic E-state index is 13.4. The van der Waals surface area contributed by atoms with Crippen molar-refractivity contribution in [1.82, 2.24) is 10.0 Å². The number of sulfonamides is 1. The molecule has 0 saturated carbocycles. The zero-order valence-electron chi connectivity index (χ0n) is 20.6. The van der Waals surface area contributed by atoms with E-state index in [1.165, 1.54) is 30.9 Å². The van der Waals surface area contributed by atoms with Gasteiger partial charge in [-0.1, -0.05) is 54.1 Å². The number of aryl methyl sites for hydroxylation is 3. The second kappa shape index (κ2) is 11.2. The van der Waals surface area contributed by atoms with Crippen LogP contribution in [-0.4, -0.2) is 27.5 Å². The Morgan fingerprint density at radius 3 is 2.26 bits per heavy atom. The molecule has 3 aromatic carbocycles. The summed E-state index contributed by atoms with van der Waals surface area (Å²) < 4.78 is 34.1. The number of carbonyl (C=O) groups excluding carboxylic acids is 1. The predicted octanol–water partition coefficient (Wildman–Crippen LogP) is 5.04. The van der Waals surface area contributed by atoms with E-state index >= 15 is 0 Å². The van der Waals surface area contributed by atoms with E-state index in [0.717, 1.165) is 22.3 Å². The lowest BCUT2D eigenvalue weighted by Crippen LogP contribution is -2.48. The van der Waals surface area contributed by atoms with Gasteiger partial charge in [-0.3, -0.25) is 4.79 Å². The highest BCUT2D eigenvalue weighted by Crippen LogP contribution is 2.27. The first-order valence-corrected chi connectivity index (χ1v) is 13.2. The molecule has 0 aromatic heterocycles. The molecule has 186 valence electrons. The molecule has 0 heterocycles. The maximum Gasteiger partial charge on any atom is 0.241 e. The molecule has 3 rings (SSSR count). The average molecular weight is 515 g/mol. The van der Waals surface area contributed by atoms with Gasteiger partial charge in [-0.05, 0) is 80.1 Å². The van der Waals surface area contributed by atoms with Crippen LogP contribution in [0.25, 0.3) is 0 Å². The Bertz CT molecular complexity index is 1310. The summed E-state index contributed by atoms with van der Waals surface area (Å²) in [6.45, 7) is 7.97. The normalized spacial score (nSPS) is 13.2. The molecule has 0 radical (unpaired) electrons. The van der Waals surface area contributed by atoms with Crippen molar-refractivity contribution in [2.24, 2.45) is 0 Å². The van der Waals surface area contributed by atoms with E-state index in [1.807, 2.05) is 58.0 Å². The Labute approximate surface area is 212 Å². The number of carbonyl (C=O) groups is 1. The quantitative estimate of drug-likeness (QED) is 0.419. The highest BCUT2D eigenvalue weighted by Gasteiger charge is 2.28. The topological polar surface area (TPSA) is 84.5 Å². The lowest BCUT2D eigenvalue weighted by atomic mass is 9.96. The van der Waals surface area contributed by atoms with Crippen LogP contribution < -0.4 is 14.8 Å².